The van der Waals surface area contributed by atoms with Crippen molar-refractivity contribution in [3.63, 3.8) is 0 Å². The van der Waals surface area contributed by atoms with Crippen LogP contribution in [0.1, 0.15) is 26.3 Å². The molecule has 3 aromatic rings. The van der Waals surface area contributed by atoms with E-state index in [2.05, 4.69) is 10.2 Å². The molecule has 0 radical (unpaired) electrons. The molecule has 0 fully saturated rings. The lowest BCUT2D eigenvalue weighted by Gasteiger charge is -2.28. The number of amides is 2. The Hall–Kier alpha value is -3.46. The molecule has 0 saturated heterocycles. The van der Waals surface area contributed by atoms with E-state index >= 15 is 0 Å². The second kappa shape index (κ2) is 10.6. The number of nitrogens with one attached hydrogen (secondary N) is 1. The fourth-order valence-electron chi connectivity index (χ4n) is 4.22. The maximum absolute atomic E-state index is 13.0. The van der Waals surface area contributed by atoms with Crippen molar-refractivity contribution in [1.29, 1.82) is 0 Å². The van der Waals surface area contributed by atoms with E-state index in [1.54, 1.807) is 24.3 Å². The van der Waals surface area contributed by atoms with Gasteiger partial charge in [-0.25, -0.2) is 0 Å². The molecule has 8 heteroatoms. The highest BCUT2D eigenvalue weighted by atomic mass is 16.5. The van der Waals surface area contributed by atoms with Gasteiger partial charge in [0.1, 0.15) is 5.75 Å². The molecule has 1 aliphatic heterocycles. The van der Waals surface area contributed by atoms with Crippen molar-refractivity contribution in [3.8, 4) is 5.75 Å². The zero-order valence-electron chi connectivity index (χ0n) is 19.2. The molecule has 0 spiro atoms. The third kappa shape index (κ3) is 4.89. The summed E-state index contributed by atoms with van der Waals surface area (Å²) in [7, 11) is 1.99. The van der Waals surface area contributed by atoms with E-state index in [4.69, 9.17) is 9.84 Å². The summed E-state index contributed by atoms with van der Waals surface area (Å²) in [4.78, 5) is 29.4. The van der Waals surface area contributed by atoms with Crippen molar-refractivity contribution in [2.24, 2.45) is 0 Å². The van der Waals surface area contributed by atoms with E-state index in [-0.39, 0.29) is 43.9 Å². The lowest BCUT2D eigenvalue weighted by molar-refractivity contribution is 0.0478. The molecule has 3 aromatic carbocycles. The number of ether oxygens (including phenoxy) is 1. The van der Waals surface area contributed by atoms with Crippen LogP contribution in [-0.4, -0.2) is 78.3 Å². The first kappa shape index (κ1) is 23.7. The van der Waals surface area contributed by atoms with Gasteiger partial charge in [0.15, 0.2) is 0 Å². The van der Waals surface area contributed by atoms with E-state index in [0.29, 0.717) is 29.6 Å². The average Bonchev–Trinajstić information content (AvgIpc) is 2.84. The Morgan fingerprint density at radius 2 is 1.74 bits per heavy atom. The number of aliphatic hydroxyl groups is 1. The molecule has 3 N–H and O–H groups in total. The molecule has 0 saturated carbocycles. The van der Waals surface area contributed by atoms with E-state index in [1.165, 1.54) is 4.90 Å². The third-order valence-corrected chi connectivity index (χ3v) is 5.93. The van der Waals surface area contributed by atoms with Crippen LogP contribution in [0.15, 0.2) is 54.6 Å². The monoisotopic (exact) mass is 463 g/mol. The highest BCUT2D eigenvalue weighted by Gasteiger charge is 2.33. The van der Waals surface area contributed by atoms with Gasteiger partial charge >= 0.3 is 0 Å². The quantitative estimate of drug-likeness (QED) is 0.297. The van der Waals surface area contributed by atoms with E-state index < -0.39 is 0 Å². The number of phenols is 1. The predicted molar refractivity (Wildman–Crippen MR) is 130 cm³/mol. The van der Waals surface area contributed by atoms with Gasteiger partial charge in [0, 0.05) is 52.8 Å². The molecule has 4 rings (SSSR count). The lowest BCUT2D eigenvalue weighted by Crippen LogP contribution is -2.42. The fraction of sp³-hybridized carbons (Fsp3) is 0.308. The van der Waals surface area contributed by atoms with Crippen molar-refractivity contribution >= 4 is 28.3 Å². The summed E-state index contributed by atoms with van der Waals surface area (Å²) in [5.41, 5.74) is 2.72. The van der Waals surface area contributed by atoms with E-state index in [1.807, 2.05) is 37.4 Å². The predicted octanol–water partition coefficient (Wildman–Crippen LogP) is 2.69. The summed E-state index contributed by atoms with van der Waals surface area (Å²) in [6.07, 6.45) is 0. The molecule has 8 nitrogen and oxygen atoms in total. The molecular weight excluding hydrogens is 434 g/mol. The van der Waals surface area contributed by atoms with Crippen molar-refractivity contribution in [2.75, 3.05) is 51.8 Å². The highest BCUT2D eigenvalue weighted by molar-refractivity contribution is 6.26. The molecule has 1 heterocycles. The number of benzene rings is 3. The van der Waals surface area contributed by atoms with Crippen LogP contribution < -0.4 is 5.32 Å². The Balaban J connectivity index is 1.47. The molecule has 0 bridgehead atoms. The first-order valence-corrected chi connectivity index (χ1v) is 11.3. The van der Waals surface area contributed by atoms with Crippen LogP contribution in [0, 0.1) is 0 Å². The fourth-order valence-corrected chi connectivity index (χ4v) is 4.22. The van der Waals surface area contributed by atoms with Crippen LogP contribution in [-0.2, 0) is 11.3 Å². The number of hydrogen-bond donors (Lipinski definition) is 3. The van der Waals surface area contributed by atoms with Crippen molar-refractivity contribution in [2.45, 2.75) is 6.54 Å². The van der Waals surface area contributed by atoms with Crippen LogP contribution in [0.25, 0.3) is 10.8 Å². The lowest BCUT2D eigenvalue weighted by atomic mass is 9.93. The van der Waals surface area contributed by atoms with Gasteiger partial charge in [-0.15, -0.1) is 0 Å². The second-order valence-corrected chi connectivity index (χ2v) is 8.28. The number of aromatic hydroxyl groups is 1. The van der Waals surface area contributed by atoms with Crippen LogP contribution in [0.3, 0.4) is 0 Å². The molecule has 0 unspecified atom stereocenters. The number of carbonyl (C=O) groups is 2. The van der Waals surface area contributed by atoms with Crippen LogP contribution >= 0.6 is 0 Å². The summed E-state index contributed by atoms with van der Waals surface area (Å²) < 4.78 is 5.25. The number of anilines is 1. The Morgan fingerprint density at radius 3 is 2.50 bits per heavy atom. The second-order valence-electron chi connectivity index (χ2n) is 8.28. The van der Waals surface area contributed by atoms with Crippen LogP contribution in [0.5, 0.6) is 5.75 Å². The number of aliphatic hydroxyl groups excluding tert-OH is 1. The van der Waals surface area contributed by atoms with Gasteiger partial charge in [-0.2, -0.15) is 0 Å². The maximum atomic E-state index is 13.0. The van der Waals surface area contributed by atoms with E-state index in [0.717, 1.165) is 23.2 Å². The van der Waals surface area contributed by atoms with Gasteiger partial charge in [-0.3, -0.25) is 14.5 Å². The SMILES string of the molecule is CN(CCNc1ccc2c3c(cccc13)C(=O)N(CCOCCO)C2=O)Cc1ccccc1O. The summed E-state index contributed by atoms with van der Waals surface area (Å²) in [6.45, 7) is 2.38. The topological polar surface area (TPSA) is 102 Å². The Labute approximate surface area is 198 Å². The minimum absolute atomic E-state index is 0.107. The maximum Gasteiger partial charge on any atom is 0.261 e. The van der Waals surface area contributed by atoms with Crippen molar-refractivity contribution < 1.29 is 24.5 Å². The number of hydrogen-bond acceptors (Lipinski definition) is 7. The summed E-state index contributed by atoms with van der Waals surface area (Å²) in [5, 5.41) is 23.7. The first-order chi connectivity index (χ1) is 16.5. The molecule has 0 atom stereocenters. The zero-order valence-corrected chi connectivity index (χ0v) is 19.2. The minimum Gasteiger partial charge on any atom is -0.508 e. The number of nitrogens with zero attached hydrogens (tertiary/aromatic N) is 2. The van der Waals surface area contributed by atoms with Crippen molar-refractivity contribution in [1.82, 2.24) is 9.80 Å². The van der Waals surface area contributed by atoms with E-state index in [9.17, 15) is 14.7 Å². The number of para-hydroxylation sites is 1. The van der Waals surface area contributed by atoms with Gasteiger partial charge in [-0.05, 0) is 31.3 Å². The van der Waals surface area contributed by atoms with Crippen LogP contribution in [0.4, 0.5) is 5.69 Å². The highest BCUT2D eigenvalue weighted by Crippen LogP contribution is 2.34. The minimum atomic E-state index is -0.338. The average molecular weight is 464 g/mol. The molecule has 2 amide bonds. The Morgan fingerprint density at radius 1 is 0.971 bits per heavy atom. The summed E-state index contributed by atoms with van der Waals surface area (Å²) in [5.74, 6) is -0.389. The van der Waals surface area contributed by atoms with Gasteiger partial charge in [-0.1, -0.05) is 30.3 Å². The number of phenolic OH excluding ortho intramolecular Hbond substituents is 1. The molecule has 1 aliphatic rings. The standard InChI is InChI=1S/C26H29N3O5/c1-28(17-18-5-2-3-8-23(18)31)12-11-27-22-10-9-21-24-19(22)6-4-7-20(24)25(32)29(26(21)33)13-15-34-16-14-30/h2-10,27,30-31H,11-17H2,1H3. The number of likely N-dealkylation sites (N-methyl/N-ethyl adjacent to an activating group) is 1. The van der Waals surface area contributed by atoms with Gasteiger partial charge < -0.3 is 25.2 Å². The van der Waals surface area contributed by atoms with Gasteiger partial charge in [0.05, 0.1) is 26.4 Å². The molecule has 0 aliphatic carbocycles. The zero-order chi connectivity index (χ0) is 24.1. The number of rotatable bonds is 11. The molecular formula is C26H29N3O5. The summed E-state index contributed by atoms with van der Waals surface area (Å²) >= 11 is 0. The van der Waals surface area contributed by atoms with Crippen molar-refractivity contribution in [3.05, 3.63) is 71.3 Å². The Kier molecular flexibility index (Phi) is 7.42. The van der Waals surface area contributed by atoms with Crippen LogP contribution in [0.2, 0.25) is 0 Å². The van der Waals surface area contributed by atoms with Gasteiger partial charge in [0.25, 0.3) is 11.8 Å². The number of imide groups is 1. The molecule has 178 valence electrons. The largest absolute Gasteiger partial charge is 0.508 e. The number of carbonyl (C=O) groups excluding carboxylic acids is 2. The Bertz CT molecular complexity index is 1170. The molecule has 34 heavy (non-hydrogen) atoms. The normalized spacial score (nSPS) is 13.2. The third-order valence-electron chi connectivity index (χ3n) is 5.93. The smallest absolute Gasteiger partial charge is 0.261 e. The first-order valence-electron chi connectivity index (χ1n) is 11.3. The van der Waals surface area contributed by atoms with Gasteiger partial charge in [0.2, 0.25) is 0 Å². The molecule has 0 aromatic heterocycles. The summed E-state index contributed by atoms with van der Waals surface area (Å²) in [6, 6.07) is 16.4.